The van der Waals surface area contributed by atoms with Crippen molar-refractivity contribution < 1.29 is 4.79 Å². The predicted molar refractivity (Wildman–Crippen MR) is 115 cm³/mol. The van der Waals surface area contributed by atoms with Crippen LogP contribution in [-0.2, 0) is 17.9 Å². The second-order valence-corrected chi connectivity index (χ2v) is 7.81. The highest BCUT2D eigenvalue weighted by Crippen LogP contribution is 2.24. The molecule has 1 aliphatic rings. The topological polar surface area (TPSA) is 37.3 Å². The Balaban J connectivity index is 1.40. The first-order valence-electron chi connectivity index (χ1n) is 10.0. The van der Waals surface area contributed by atoms with Gasteiger partial charge >= 0.3 is 0 Å². The lowest BCUT2D eigenvalue weighted by atomic mass is 10.2. The second kappa shape index (κ2) is 8.80. The van der Waals surface area contributed by atoms with E-state index >= 15 is 0 Å². The summed E-state index contributed by atoms with van der Waals surface area (Å²) in [4.78, 5) is 13.7. The van der Waals surface area contributed by atoms with E-state index in [1.165, 1.54) is 16.5 Å². The molecule has 1 aliphatic heterocycles. The number of fused-ring (bicyclic) bond motifs is 1. The zero-order valence-corrected chi connectivity index (χ0v) is 16.8. The van der Waals surface area contributed by atoms with Crippen LogP contribution in [0.15, 0.2) is 54.7 Å². The molecule has 146 valence electrons. The third-order valence-electron chi connectivity index (χ3n) is 5.44. The predicted octanol–water partition coefficient (Wildman–Crippen LogP) is 4.45. The number of hydrogen-bond donors (Lipinski definition) is 1. The molecule has 28 heavy (non-hydrogen) atoms. The average molecular weight is 396 g/mol. The number of benzene rings is 2. The number of halogens is 1. The molecule has 0 saturated carbocycles. The van der Waals surface area contributed by atoms with Crippen molar-refractivity contribution in [1.29, 1.82) is 0 Å². The van der Waals surface area contributed by atoms with Crippen LogP contribution < -0.4 is 5.32 Å². The van der Waals surface area contributed by atoms with Gasteiger partial charge in [0.2, 0.25) is 5.91 Å². The van der Waals surface area contributed by atoms with Crippen LogP contribution in [0, 0.1) is 0 Å². The molecule has 1 fully saturated rings. The largest absolute Gasteiger partial charge is 0.343 e. The molecule has 4 nitrogen and oxygen atoms in total. The molecular formula is C23H26ClN3O. The van der Waals surface area contributed by atoms with E-state index in [4.69, 9.17) is 11.6 Å². The molecule has 1 amide bonds. The van der Waals surface area contributed by atoms with E-state index in [-0.39, 0.29) is 0 Å². The summed E-state index contributed by atoms with van der Waals surface area (Å²) in [5, 5.41) is 5.62. The number of carbonyl (C=O) groups excluding carboxylic acids is 1. The number of para-hydroxylation sites is 1. The maximum absolute atomic E-state index is 11.7. The van der Waals surface area contributed by atoms with E-state index in [1.807, 2.05) is 23.1 Å². The van der Waals surface area contributed by atoms with Crippen LogP contribution in [0.25, 0.3) is 10.9 Å². The van der Waals surface area contributed by atoms with Gasteiger partial charge in [-0.3, -0.25) is 4.79 Å². The van der Waals surface area contributed by atoms with Crippen LogP contribution in [-0.4, -0.2) is 35.0 Å². The van der Waals surface area contributed by atoms with Crippen molar-refractivity contribution in [1.82, 2.24) is 14.8 Å². The van der Waals surface area contributed by atoms with Crippen LogP contribution in [0.1, 0.15) is 30.4 Å². The number of carbonyl (C=O) groups is 1. The van der Waals surface area contributed by atoms with Gasteiger partial charge < -0.3 is 14.8 Å². The highest BCUT2D eigenvalue weighted by molar-refractivity contribution is 6.31. The fourth-order valence-corrected chi connectivity index (χ4v) is 4.16. The normalized spacial score (nSPS) is 14.3. The maximum Gasteiger partial charge on any atom is 0.222 e. The Labute approximate surface area is 171 Å². The Morgan fingerprint density at radius 3 is 2.68 bits per heavy atom. The van der Waals surface area contributed by atoms with Gasteiger partial charge in [0.05, 0.1) is 0 Å². The second-order valence-electron chi connectivity index (χ2n) is 7.41. The van der Waals surface area contributed by atoms with Gasteiger partial charge in [0.25, 0.3) is 0 Å². The number of nitrogens with one attached hydrogen (secondary N) is 1. The standard InChI is InChI=1S/C23H26ClN3O/c24-21-9-3-1-7-18(21)16-27-17-19(20-8-2-4-10-22(20)27)15-25-12-6-14-26-13-5-11-23(26)28/h1-4,7-10,17,25H,5-6,11-16H2. The van der Waals surface area contributed by atoms with Gasteiger partial charge in [-0.2, -0.15) is 0 Å². The first kappa shape index (κ1) is 19.0. The highest BCUT2D eigenvalue weighted by atomic mass is 35.5. The zero-order chi connectivity index (χ0) is 19.3. The van der Waals surface area contributed by atoms with Crippen LogP contribution in [0.2, 0.25) is 5.02 Å². The Hall–Kier alpha value is -2.30. The fraction of sp³-hybridized carbons (Fsp3) is 0.348. The Kier molecular flexibility index (Phi) is 5.98. The van der Waals surface area contributed by atoms with Crippen molar-refractivity contribution in [3.8, 4) is 0 Å². The molecule has 1 saturated heterocycles. The minimum atomic E-state index is 0.308. The van der Waals surface area contributed by atoms with Crippen molar-refractivity contribution in [2.45, 2.75) is 32.4 Å². The lowest BCUT2D eigenvalue weighted by molar-refractivity contribution is -0.127. The van der Waals surface area contributed by atoms with Crippen LogP contribution >= 0.6 is 11.6 Å². The minimum Gasteiger partial charge on any atom is -0.343 e. The molecule has 0 bridgehead atoms. The van der Waals surface area contributed by atoms with Crippen LogP contribution in [0.4, 0.5) is 0 Å². The fourth-order valence-electron chi connectivity index (χ4n) is 3.96. The van der Waals surface area contributed by atoms with Crippen molar-refractivity contribution in [2.24, 2.45) is 0 Å². The number of rotatable bonds is 8. The van der Waals surface area contributed by atoms with E-state index in [1.54, 1.807) is 0 Å². The maximum atomic E-state index is 11.7. The summed E-state index contributed by atoms with van der Waals surface area (Å²) < 4.78 is 2.27. The molecule has 1 aromatic heterocycles. The lowest BCUT2D eigenvalue weighted by Crippen LogP contribution is -2.28. The molecule has 0 aliphatic carbocycles. The summed E-state index contributed by atoms with van der Waals surface area (Å²) in [7, 11) is 0. The molecule has 2 heterocycles. The molecule has 2 aromatic carbocycles. The van der Waals surface area contributed by atoms with Crippen LogP contribution in [0.3, 0.4) is 0 Å². The smallest absolute Gasteiger partial charge is 0.222 e. The number of nitrogens with zero attached hydrogens (tertiary/aromatic N) is 2. The summed E-state index contributed by atoms with van der Waals surface area (Å²) in [6.07, 6.45) is 4.95. The molecular weight excluding hydrogens is 370 g/mol. The van der Waals surface area contributed by atoms with E-state index in [2.05, 4.69) is 46.4 Å². The van der Waals surface area contributed by atoms with Gasteiger partial charge in [-0.15, -0.1) is 0 Å². The summed E-state index contributed by atoms with van der Waals surface area (Å²) in [5.74, 6) is 0.308. The zero-order valence-electron chi connectivity index (χ0n) is 16.0. The molecule has 0 unspecified atom stereocenters. The molecule has 5 heteroatoms. The molecule has 0 atom stereocenters. The van der Waals surface area contributed by atoms with Gasteiger partial charge in [0, 0.05) is 54.7 Å². The van der Waals surface area contributed by atoms with Gasteiger partial charge in [-0.1, -0.05) is 48.0 Å². The SMILES string of the molecule is O=C1CCCN1CCCNCc1cn(Cc2ccccc2Cl)c2ccccc12. The third-order valence-corrected chi connectivity index (χ3v) is 5.81. The quantitative estimate of drug-likeness (QED) is 0.572. The van der Waals surface area contributed by atoms with Crippen molar-refractivity contribution in [2.75, 3.05) is 19.6 Å². The van der Waals surface area contributed by atoms with E-state index < -0.39 is 0 Å². The molecule has 4 rings (SSSR count). The Morgan fingerprint density at radius 1 is 1.04 bits per heavy atom. The number of amides is 1. The third kappa shape index (κ3) is 4.23. The first-order chi connectivity index (χ1) is 13.7. The Bertz CT molecular complexity index is 965. The van der Waals surface area contributed by atoms with Gasteiger partial charge in [0.15, 0.2) is 0 Å². The van der Waals surface area contributed by atoms with Crippen molar-refractivity contribution in [3.05, 3.63) is 70.9 Å². The van der Waals surface area contributed by atoms with E-state index in [9.17, 15) is 4.79 Å². The van der Waals surface area contributed by atoms with E-state index in [0.717, 1.165) is 62.6 Å². The van der Waals surface area contributed by atoms with Crippen molar-refractivity contribution >= 4 is 28.4 Å². The molecule has 1 N–H and O–H groups in total. The average Bonchev–Trinajstić information content (AvgIpc) is 3.27. The summed E-state index contributed by atoms with van der Waals surface area (Å²) >= 11 is 6.36. The van der Waals surface area contributed by atoms with Crippen molar-refractivity contribution in [3.63, 3.8) is 0 Å². The lowest BCUT2D eigenvalue weighted by Gasteiger charge is -2.15. The first-order valence-corrected chi connectivity index (χ1v) is 10.4. The number of likely N-dealkylation sites (tertiary alicyclic amines) is 1. The molecule has 3 aromatic rings. The number of aromatic nitrogens is 1. The molecule has 0 radical (unpaired) electrons. The summed E-state index contributed by atoms with van der Waals surface area (Å²) in [6, 6.07) is 16.5. The Morgan fingerprint density at radius 2 is 1.86 bits per heavy atom. The molecule has 0 spiro atoms. The summed E-state index contributed by atoms with van der Waals surface area (Å²) in [5.41, 5.74) is 3.64. The minimum absolute atomic E-state index is 0.308. The van der Waals surface area contributed by atoms with Gasteiger partial charge in [-0.05, 0) is 42.6 Å². The van der Waals surface area contributed by atoms with E-state index in [0.29, 0.717) is 5.91 Å². The monoisotopic (exact) mass is 395 g/mol. The van der Waals surface area contributed by atoms with Crippen LogP contribution in [0.5, 0.6) is 0 Å². The number of hydrogen-bond acceptors (Lipinski definition) is 2. The van der Waals surface area contributed by atoms with Gasteiger partial charge in [0.1, 0.15) is 0 Å². The highest BCUT2D eigenvalue weighted by Gasteiger charge is 2.18. The van der Waals surface area contributed by atoms with Gasteiger partial charge in [-0.25, -0.2) is 0 Å². The summed E-state index contributed by atoms with van der Waals surface area (Å²) in [6.45, 7) is 4.28.